The van der Waals surface area contributed by atoms with Gasteiger partial charge in [0.1, 0.15) is 17.2 Å². The summed E-state index contributed by atoms with van der Waals surface area (Å²) < 4.78 is 16.2. The van der Waals surface area contributed by atoms with Gasteiger partial charge in [-0.05, 0) is 20.8 Å². The maximum absolute atomic E-state index is 5.41. The van der Waals surface area contributed by atoms with E-state index in [-0.39, 0.29) is 0 Å². The van der Waals surface area contributed by atoms with Crippen molar-refractivity contribution in [3.63, 3.8) is 0 Å². The molecule has 3 heteroatoms. The Morgan fingerprint density at radius 3 is 1.11 bits per heavy atom. The van der Waals surface area contributed by atoms with E-state index in [9.17, 15) is 0 Å². The molecule has 0 aromatic heterocycles. The van der Waals surface area contributed by atoms with E-state index in [1.807, 2.05) is 39.0 Å². The number of allylic oxidation sites excluding steroid dienone is 3. The van der Waals surface area contributed by atoms with Gasteiger partial charge in [-0.25, -0.2) is 0 Å². The first kappa shape index (κ1) is 13.9. The van der Waals surface area contributed by atoms with Crippen LogP contribution >= 0.6 is 0 Å². The molecule has 0 radical (unpaired) electrons. The van der Waals surface area contributed by atoms with Crippen LogP contribution in [0.3, 0.4) is 0 Å². The molecule has 0 aliphatic carbocycles. The van der Waals surface area contributed by atoms with E-state index in [0.29, 0.717) is 17.2 Å². The number of hydrogen-bond donors (Lipinski definition) is 0. The van der Waals surface area contributed by atoms with E-state index in [1.165, 1.54) is 0 Å². The Morgan fingerprint density at radius 2 is 0.889 bits per heavy atom. The molecule has 0 bridgehead atoms. The zero-order valence-electron chi connectivity index (χ0n) is 10.9. The largest absolute Gasteiger partial charge is 0.465 e. The van der Waals surface area contributed by atoms with Crippen LogP contribution < -0.4 is 14.2 Å². The average molecular weight is 246 g/mol. The molecule has 1 aromatic carbocycles. The fourth-order valence-corrected chi connectivity index (χ4v) is 1.19. The lowest BCUT2D eigenvalue weighted by molar-refractivity contribution is 0.437. The molecule has 0 unspecified atom stereocenters. The molecule has 0 N–H and O–H groups in total. The minimum absolute atomic E-state index is 0.662. The fourth-order valence-electron chi connectivity index (χ4n) is 1.19. The van der Waals surface area contributed by atoms with Gasteiger partial charge in [0.2, 0.25) is 0 Å². The zero-order valence-corrected chi connectivity index (χ0v) is 10.9. The van der Waals surface area contributed by atoms with Crippen molar-refractivity contribution in [2.45, 2.75) is 20.8 Å². The Labute approximate surface area is 108 Å². The summed E-state index contributed by atoms with van der Waals surface area (Å²) in [4.78, 5) is 0. The molecule has 0 saturated heterocycles. The predicted octanol–water partition coefficient (Wildman–Crippen LogP) is 4.42. The quantitative estimate of drug-likeness (QED) is 0.695. The van der Waals surface area contributed by atoms with Crippen LogP contribution in [0.5, 0.6) is 17.2 Å². The van der Waals surface area contributed by atoms with Crippen molar-refractivity contribution >= 4 is 0 Å². The molecule has 0 saturated carbocycles. The Hall–Kier alpha value is -2.16. The number of hydrogen-bond acceptors (Lipinski definition) is 3. The summed E-state index contributed by atoms with van der Waals surface area (Å²) in [6, 6.07) is 5.38. The summed E-state index contributed by atoms with van der Waals surface area (Å²) in [5, 5.41) is 0. The predicted molar refractivity (Wildman–Crippen MR) is 72.8 cm³/mol. The van der Waals surface area contributed by atoms with Crippen LogP contribution in [0.2, 0.25) is 0 Å². The Balaban J connectivity index is 2.94. The SMILES string of the molecule is CC=COc1cc(OC=CC)cc(OC=CC)c1. The Kier molecular flexibility index (Phi) is 6.19. The van der Waals surface area contributed by atoms with Crippen molar-refractivity contribution in [2.24, 2.45) is 0 Å². The third kappa shape index (κ3) is 4.78. The summed E-state index contributed by atoms with van der Waals surface area (Å²) in [7, 11) is 0. The van der Waals surface area contributed by atoms with Gasteiger partial charge in [0, 0.05) is 18.2 Å². The minimum atomic E-state index is 0.662. The Bertz CT molecular complexity index is 366. The lowest BCUT2D eigenvalue weighted by Gasteiger charge is -2.07. The summed E-state index contributed by atoms with van der Waals surface area (Å²) >= 11 is 0. The summed E-state index contributed by atoms with van der Waals surface area (Å²) in [5.74, 6) is 1.99. The molecule has 0 fully saturated rings. The second-order valence-corrected chi connectivity index (χ2v) is 3.40. The highest BCUT2D eigenvalue weighted by molar-refractivity contribution is 5.43. The van der Waals surface area contributed by atoms with Crippen molar-refractivity contribution in [1.29, 1.82) is 0 Å². The minimum Gasteiger partial charge on any atom is -0.465 e. The van der Waals surface area contributed by atoms with E-state index in [0.717, 1.165) is 0 Å². The molecule has 0 amide bonds. The molecular weight excluding hydrogens is 228 g/mol. The van der Waals surface area contributed by atoms with Gasteiger partial charge < -0.3 is 14.2 Å². The van der Waals surface area contributed by atoms with E-state index >= 15 is 0 Å². The average Bonchev–Trinajstić information content (AvgIpc) is 2.40. The molecule has 1 aromatic rings. The van der Waals surface area contributed by atoms with Gasteiger partial charge in [-0.15, -0.1) is 0 Å². The van der Waals surface area contributed by atoms with E-state index in [4.69, 9.17) is 14.2 Å². The van der Waals surface area contributed by atoms with Gasteiger partial charge in [0.25, 0.3) is 0 Å². The second kappa shape index (κ2) is 8.01. The summed E-state index contributed by atoms with van der Waals surface area (Å²) in [6.07, 6.45) is 10.3. The lowest BCUT2D eigenvalue weighted by Crippen LogP contribution is -1.89. The van der Waals surface area contributed by atoms with Gasteiger partial charge >= 0.3 is 0 Å². The standard InChI is InChI=1S/C15H18O3/c1-4-7-16-13-10-14(17-8-5-2)12-15(11-13)18-9-6-3/h4-12H,1-3H3. The normalized spacial score (nSPS) is 11.5. The van der Waals surface area contributed by atoms with Crippen molar-refractivity contribution in [3.05, 3.63) is 55.2 Å². The first-order valence-electron chi connectivity index (χ1n) is 5.78. The monoisotopic (exact) mass is 246 g/mol. The highest BCUT2D eigenvalue weighted by atomic mass is 16.5. The topological polar surface area (TPSA) is 27.7 Å². The van der Waals surface area contributed by atoms with E-state index < -0.39 is 0 Å². The molecule has 1 rings (SSSR count). The van der Waals surface area contributed by atoms with E-state index in [2.05, 4.69) is 0 Å². The van der Waals surface area contributed by atoms with Crippen LogP contribution in [-0.4, -0.2) is 0 Å². The summed E-state index contributed by atoms with van der Waals surface area (Å²) in [6.45, 7) is 5.66. The molecule has 0 heterocycles. The fraction of sp³-hybridized carbons (Fsp3) is 0.200. The van der Waals surface area contributed by atoms with Crippen LogP contribution in [0.1, 0.15) is 20.8 Å². The van der Waals surface area contributed by atoms with Gasteiger partial charge in [0.15, 0.2) is 0 Å². The van der Waals surface area contributed by atoms with Crippen molar-refractivity contribution in [2.75, 3.05) is 0 Å². The molecule has 18 heavy (non-hydrogen) atoms. The molecular formula is C15H18O3. The van der Waals surface area contributed by atoms with Gasteiger partial charge in [-0.2, -0.15) is 0 Å². The molecule has 3 nitrogen and oxygen atoms in total. The smallest absolute Gasteiger partial charge is 0.133 e. The van der Waals surface area contributed by atoms with Gasteiger partial charge in [-0.3, -0.25) is 0 Å². The molecule has 0 atom stereocenters. The maximum atomic E-state index is 5.41. The first-order chi connectivity index (χ1) is 8.80. The highest BCUT2D eigenvalue weighted by Gasteiger charge is 2.02. The second-order valence-electron chi connectivity index (χ2n) is 3.40. The third-order valence-corrected chi connectivity index (χ3v) is 1.87. The highest BCUT2D eigenvalue weighted by Crippen LogP contribution is 2.28. The van der Waals surface area contributed by atoms with Gasteiger partial charge in [-0.1, -0.05) is 18.2 Å². The third-order valence-electron chi connectivity index (χ3n) is 1.87. The van der Waals surface area contributed by atoms with Crippen LogP contribution in [-0.2, 0) is 0 Å². The molecule has 0 aliphatic rings. The Morgan fingerprint density at radius 1 is 0.611 bits per heavy atom. The van der Waals surface area contributed by atoms with Crippen LogP contribution in [0, 0.1) is 0 Å². The number of benzene rings is 1. The lowest BCUT2D eigenvalue weighted by atomic mass is 10.3. The van der Waals surface area contributed by atoms with Gasteiger partial charge in [0.05, 0.1) is 18.8 Å². The van der Waals surface area contributed by atoms with E-state index in [1.54, 1.807) is 37.0 Å². The van der Waals surface area contributed by atoms with Crippen LogP contribution in [0.25, 0.3) is 0 Å². The maximum Gasteiger partial charge on any atom is 0.133 e. The van der Waals surface area contributed by atoms with Crippen LogP contribution in [0.15, 0.2) is 55.2 Å². The number of rotatable bonds is 6. The molecule has 0 aliphatic heterocycles. The zero-order chi connectivity index (χ0) is 13.2. The first-order valence-corrected chi connectivity index (χ1v) is 5.78. The van der Waals surface area contributed by atoms with Crippen molar-refractivity contribution in [3.8, 4) is 17.2 Å². The molecule has 0 spiro atoms. The van der Waals surface area contributed by atoms with Crippen LogP contribution in [0.4, 0.5) is 0 Å². The summed E-state index contributed by atoms with van der Waals surface area (Å²) in [5.41, 5.74) is 0. The van der Waals surface area contributed by atoms with Crippen molar-refractivity contribution < 1.29 is 14.2 Å². The molecule has 96 valence electrons. The number of ether oxygens (including phenoxy) is 3. The van der Waals surface area contributed by atoms with Crippen molar-refractivity contribution in [1.82, 2.24) is 0 Å².